The number of ether oxygens (including phenoxy) is 2. The zero-order chi connectivity index (χ0) is 15.9. The van der Waals surface area contributed by atoms with E-state index in [0.29, 0.717) is 18.1 Å². The molecule has 0 amide bonds. The average Bonchev–Trinajstić information content (AvgIpc) is 2.49. The highest BCUT2D eigenvalue weighted by Crippen LogP contribution is 2.36. The SMILES string of the molecule is CCOc1cc(/C=N\Nc2ccc(C)cc2)cc(Br)c1OC. The van der Waals surface area contributed by atoms with Crippen LogP contribution in [0.15, 0.2) is 46.0 Å². The van der Waals surface area contributed by atoms with E-state index in [1.54, 1.807) is 13.3 Å². The fourth-order valence-electron chi connectivity index (χ4n) is 1.93. The van der Waals surface area contributed by atoms with Crippen LogP contribution >= 0.6 is 15.9 Å². The van der Waals surface area contributed by atoms with Crippen LogP contribution < -0.4 is 14.9 Å². The van der Waals surface area contributed by atoms with Crippen LogP contribution in [0.25, 0.3) is 0 Å². The molecule has 116 valence electrons. The minimum atomic E-state index is 0.574. The van der Waals surface area contributed by atoms with Crippen LogP contribution in [-0.2, 0) is 0 Å². The molecule has 0 bridgehead atoms. The van der Waals surface area contributed by atoms with Gasteiger partial charge in [-0.1, -0.05) is 17.7 Å². The molecule has 2 aromatic rings. The second-order valence-corrected chi connectivity index (χ2v) is 5.56. The van der Waals surface area contributed by atoms with Crippen molar-refractivity contribution in [2.45, 2.75) is 13.8 Å². The monoisotopic (exact) mass is 362 g/mol. The summed E-state index contributed by atoms with van der Waals surface area (Å²) < 4.78 is 11.8. The standard InChI is InChI=1S/C17H19BrN2O2/c1-4-22-16-10-13(9-15(18)17(16)21-3)11-19-20-14-7-5-12(2)6-8-14/h5-11,20H,4H2,1-3H3/b19-11-. The molecule has 1 N–H and O–H groups in total. The summed E-state index contributed by atoms with van der Waals surface area (Å²) in [5.74, 6) is 1.38. The van der Waals surface area contributed by atoms with Gasteiger partial charge in [0.05, 0.1) is 30.1 Å². The van der Waals surface area contributed by atoms with Crippen molar-refractivity contribution in [1.82, 2.24) is 0 Å². The molecular weight excluding hydrogens is 344 g/mol. The zero-order valence-corrected chi connectivity index (χ0v) is 14.5. The van der Waals surface area contributed by atoms with Gasteiger partial charge in [-0.2, -0.15) is 5.10 Å². The number of benzene rings is 2. The van der Waals surface area contributed by atoms with Crippen LogP contribution in [0.4, 0.5) is 5.69 Å². The fraction of sp³-hybridized carbons (Fsp3) is 0.235. The van der Waals surface area contributed by atoms with Crippen LogP contribution in [0, 0.1) is 6.92 Å². The molecule has 5 heteroatoms. The van der Waals surface area contributed by atoms with E-state index in [9.17, 15) is 0 Å². The van der Waals surface area contributed by atoms with E-state index in [1.807, 2.05) is 43.3 Å². The van der Waals surface area contributed by atoms with Crippen molar-refractivity contribution in [3.8, 4) is 11.5 Å². The van der Waals surface area contributed by atoms with Crippen molar-refractivity contribution < 1.29 is 9.47 Å². The molecule has 0 unspecified atom stereocenters. The van der Waals surface area contributed by atoms with Crippen molar-refractivity contribution >= 4 is 27.8 Å². The lowest BCUT2D eigenvalue weighted by Crippen LogP contribution is -1.98. The lowest BCUT2D eigenvalue weighted by atomic mass is 10.2. The van der Waals surface area contributed by atoms with Crippen molar-refractivity contribution in [3.63, 3.8) is 0 Å². The molecule has 4 nitrogen and oxygen atoms in total. The van der Waals surface area contributed by atoms with Gasteiger partial charge >= 0.3 is 0 Å². The van der Waals surface area contributed by atoms with Crippen LogP contribution in [-0.4, -0.2) is 19.9 Å². The van der Waals surface area contributed by atoms with Crippen LogP contribution in [0.1, 0.15) is 18.1 Å². The lowest BCUT2D eigenvalue weighted by Gasteiger charge is -2.11. The topological polar surface area (TPSA) is 42.8 Å². The Labute approximate surface area is 139 Å². The number of aryl methyl sites for hydroxylation is 1. The molecule has 0 aromatic heterocycles. The van der Waals surface area contributed by atoms with Gasteiger partial charge in [-0.3, -0.25) is 5.43 Å². The Morgan fingerprint density at radius 2 is 1.95 bits per heavy atom. The highest BCUT2D eigenvalue weighted by molar-refractivity contribution is 9.10. The first kappa shape index (κ1) is 16.4. The van der Waals surface area contributed by atoms with E-state index >= 15 is 0 Å². The van der Waals surface area contributed by atoms with Crippen LogP contribution in [0.3, 0.4) is 0 Å². The van der Waals surface area contributed by atoms with Gasteiger partial charge in [0.15, 0.2) is 11.5 Å². The third kappa shape index (κ3) is 4.24. The maximum Gasteiger partial charge on any atom is 0.174 e. The maximum atomic E-state index is 5.59. The Morgan fingerprint density at radius 1 is 1.23 bits per heavy atom. The summed E-state index contributed by atoms with van der Waals surface area (Å²) >= 11 is 3.49. The molecule has 0 fully saturated rings. The molecule has 2 aromatic carbocycles. The molecule has 0 spiro atoms. The van der Waals surface area contributed by atoms with Crippen molar-refractivity contribution in [2.75, 3.05) is 19.1 Å². The van der Waals surface area contributed by atoms with Gasteiger partial charge in [-0.05, 0) is 59.6 Å². The van der Waals surface area contributed by atoms with Gasteiger partial charge in [0.1, 0.15) is 0 Å². The molecule has 0 atom stereocenters. The fourth-order valence-corrected chi connectivity index (χ4v) is 2.55. The van der Waals surface area contributed by atoms with Gasteiger partial charge < -0.3 is 9.47 Å². The Balaban J connectivity index is 2.14. The number of hydrogen-bond acceptors (Lipinski definition) is 4. The smallest absolute Gasteiger partial charge is 0.174 e. The average molecular weight is 363 g/mol. The van der Waals surface area contributed by atoms with Crippen LogP contribution in [0.2, 0.25) is 0 Å². The zero-order valence-electron chi connectivity index (χ0n) is 12.9. The predicted molar refractivity (Wildman–Crippen MR) is 94.3 cm³/mol. The number of nitrogens with zero attached hydrogens (tertiary/aromatic N) is 1. The third-order valence-electron chi connectivity index (χ3n) is 2.99. The molecule has 0 aliphatic rings. The van der Waals surface area contributed by atoms with E-state index in [-0.39, 0.29) is 0 Å². The van der Waals surface area contributed by atoms with E-state index in [0.717, 1.165) is 15.7 Å². The number of nitrogens with one attached hydrogen (secondary N) is 1. The molecule has 0 aliphatic heterocycles. The first-order valence-corrected chi connectivity index (χ1v) is 7.79. The number of hydrogen-bond donors (Lipinski definition) is 1. The first-order valence-electron chi connectivity index (χ1n) is 7.00. The number of rotatable bonds is 6. The first-order chi connectivity index (χ1) is 10.6. The van der Waals surface area contributed by atoms with Gasteiger partial charge in [-0.15, -0.1) is 0 Å². The number of hydrazone groups is 1. The molecule has 0 saturated carbocycles. The molecule has 2 rings (SSSR count). The van der Waals surface area contributed by atoms with Crippen LogP contribution in [0.5, 0.6) is 11.5 Å². The summed E-state index contributed by atoms with van der Waals surface area (Å²) in [7, 11) is 1.62. The molecule has 0 heterocycles. The molecule has 0 saturated heterocycles. The number of anilines is 1. The lowest BCUT2D eigenvalue weighted by molar-refractivity contribution is 0.310. The van der Waals surface area contributed by atoms with Gasteiger partial charge in [0, 0.05) is 0 Å². The largest absolute Gasteiger partial charge is 0.492 e. The van der Waals surface area contributed by atoms with Crippen molar-refractivity contribution in [3.05, 3.63) is 52.0 Å². The second-order valence-electron chi connectivity index (χ2n) is 4.70. The third-order valence-corrected chi connectivity index (χ3v) is 3.58. The minimum Gasteiger partial charge on any atom is -0.492 e. The Morgan fingerprint density at radius 3 is 2.59 bits per heavy atom. The number of methoxy groups -OCH3 is 1. The van der Waals surface area contributed by atoms with Gasteiger partial charge in [-0.25, -0.2) is 0 Å². The predicted octanol–water partition coefficient (Wildman–Crippen LogP) is 4.61. The number of halogens is 1. The molecule has 0 radical (unpaired) electrons. The van der Waals surface area contributed by atoms with E-state index < -0.39 is 0 Å². The summed E-state index contributed by atoms with van der Waals surface area (Å²) in [6, 6.07) is 11.9. The van der Waals surface area contributed by atoms with Gasteiger partial charge in [0.2, 0.25) is 0 Å². The highest BCUT2D eigenvalue weighted by atomic mass is 79.9. The van der Waals surface area contributed by atoms with Crippen molar-refractivity contribution in [2.24, 2.45) is 5.10 Å². The summed E-state index contributed by atoms with van der Waals surface area (Å²) in [6.07, 6.45) is 1.74. The van der Waals surface area contributed by atoms with Crippen molar-refractivity contribution in [1.29, 1.82) is 0 Å². The van der Waals surface area contributed by atoms with E-state index in [4.69, 9.17) is 9.47 Å². The Kier molecular flexibility index (Phi) is 5.83. The Bertz CT molecular complexity index is 654. The quantitative estimate of drug-likeness (QED) is 0.602. The second kappa shape index (κ2) is 7.84. The Hall–Kier alpha value is -2.01. The molecular formula is C17H19BrN2O2. The highest BCUT2D eigenvalue weighted by Gasteiger charge is 2.10. The van der Waals surface area contributed by atoms with E-state index in [1.165, 1.54) is 5.56 Å². The minimum absolute atomic E-state index is 0.574. The van der Waals surface area contributed by atoms with Gasteiger partial charge in [0.25, 0.3) is 0 Å². The normalized spacial score (nSPS) is 10.7. The summed E-state index contributed by atoms with van der Waals surface area (Å²) in [6.45, 7) is 4.56. The maximum absolute atomic E-state index is 5.59. The molecule has 22 heavy (non-hydrogen) atoms. The summed E-state index contributed by atoms with van der Waals surface area (Å²) in [4.78, 5) is 0. The molecule has 0 aliphatic carbocycles. The van der Waals surface area contributed by atoms with E-state index in [2.05, 4.69) is 33.4 Å². The summed E-state index contributed by atoms with van der Waals surface area (Å²) in [5, 5.41) is 4.25. The summed E-state index contributed by atoms with van der Waals surface area (Å²) in [5.41, 5.74) is 6.08.